The molecule has 3 heterocycles. The maximum Gasteiger partial charge on any atom is 0.243 e. The molecule has 1 aliphatic heterocycles. The number of benzene rings is 1. The number of aromatic nitrogens is 3. The molecule has 1 atom stereocenters. The summed E-state index contributed by atoms with van der Waals surface area (Å²) in [5, 5.41) is 0. The van der Waals surface area contributed by atoms with E-state index in [0.29, 0.717) is 25.5 Å². The summed E-state index contributed by atoms with van der Waals surface area (Å²) in [6.45, 7) is 4.72. The van der Waals surface area contributed by atoms with Crippen molar-refractivity contribution in [1.82, 2.24) is 18.8 Å². The van der Waals surface area contributed by atoms with Gasteiger partial charge in [0.25, 0.3) is 0 Å². The first kappa shape index (κ1) is 19.9. The SMILES string of the molecule is CC(C)n1c(C[C@@H]2CCN(S(=O)(=O)c3cc(F)cc(F)c3)C2)nc2cccnc21. The topological polar surface area (TPSA) is 68.1 Å². The Balaban J connectivity index is 1.57. The molecule has 1 aliphatic rings. The van der Waals surface area contributed by atoms with Crippen molar-refractivity contribution in [2.45, 2.75) is 37.6 Å². The molecule has 0 N–H and O–H groups in total. The van der Waals surface area contributed by atoms with Crippen LogP contribution < -0.4 is 0 Å². The predicted molar refractivity (Wildman–Crippen MR) is 105 cm³/mol. The Kier molecular flexibility index (Phi) is 5.12. The Bertz CT molecular complexity index is 1140. The molecule has 1 fully saturated rings. The molecule has 0 saturated carbocycles. The molecule has 4 rings (SSSR count). The number of fused-ring (bicyclic) bond motifs is 1. The fraction of sp³-hybridized carbons (Fsp3) is 0.400. The second kappa shape index (κ2) is 7.46. The van der Waals surface area contributed by atoms with E-state index in [1.165, 1.54) is 4.31 Å². The first-order valence-electron chi connectivity index (χ1n) is 9.54. The lowest BCUT2D eigenvalue weighted by molar-refractivity contribution is 0.446. The van der Waals surface area contributed by atoms with Crippen molar-refractivity contribution in [3.05, 3.63) is 54.0 Å². The fourth-order valence-electron chi connectivity index (χ4n) is 3.93. The Labute approximate surface area is 168 Å². The van der Waals surface area contributed by atoms with Crippen LogP contribution in [0.15, 0.2) is 41.4 Å². The molecule has 0 spiro atoms. The van der Waals surface area contributed by atoms with Crippen molar-refractivity contribution in [2.75, 3.05) is 13.1 Å². The van der Waals surface area contributed by atoms with E-state index in [9.17, 15) is 17.2 Å². The molecular formula is C20H22F2N4O2S. The second-order valence-corrected chi connectivity index (χ2v) is 9.60. The van der Waals surface area contributed by atoms with Crippen LogP contribution in [0, 0.1) is 17.6 Å². The lowest BCUT2D eigenvalue weighted by Crippen LogP contribution is -2.29. The van der Waals surface area contributed by atoms with Gasteiger partial charge in [0.05, 0.1) is 4.90 Å². The van der Waals surface area contributed by atoms with Gasteiger partial charge in [0.2, 0.25) is 10.0 Å². The lowest BCUT2D eigenvalue weighted by atomic mass is 10.0. The molecule has 6 nitrogen and oxygen atoms in total. The molecule has 1 saturated heterocycles. The van der Waals surface area contributed by atoms with Gasteiger partial charge < -0.3 is 4.57 Å². The average Bonchev–Trinajstić information content (AvgIpc) is 3.25. The van der Waals surface area contributed by atoms with Crippen LogP contribution >= 0.6 is 0 Å². The number of nitrogens with zero attached hydrogens (tertiary/aromatic N) is 4. The molecule has 9 heteroatoms. The van der Waals surface area contributed by atoms with Crippen molar-refractivity contribution in [2.24, 2.45) is 5.92 Å². The van der Waals surface area contributed by atoms with E-state index in [0.717, 1.165) is 29.1 Å². The summed E-state index contributed by atoms with van der Waals surface area (Å²) >= 11 is 0. The van der Waals surface area contributed by atoms with Crippen LogP contribution in [0.1, 0.15) is 32.1 Å². The molecule has 0 amide bonds. The van der Waals surface area contributed by atoms with Crippen molar-refractivity contribution < 1.29 is 17.2 Å². The van der Waals surface area contributed by atoms with Crippen molar-refractivity contribution in [3.8, 4) is 0 Å². The zero-order valence-electron chi connectivity index (χ0n) is 16.2. The summed E-state index contributed by atoms with van der Waals surface area (Å²) in [6.07, 6.45) is 3.00. The van der Waals surface area contributed by atoms with Gasteiger partial charge in [-0.25, -0.2) is 27.2 Å². The number of halogens is 2. The van der Waals surface area contributed by atoms with Gasteiger partial charge in [-0.15, -0.1) is 0 Å². The van der Waals surface area contributed by atoms with E-state index in [1.807, 2.05) is 12.1 Å². The first-order chi connectivity index (χ1) is 13.8. The number of hydrogen-bond acceptors (Lipinski definition) is 4. The third-order valence-electron chi connectivity index (χ3n) is 5.23. The minimum absolute atomic E-state index is 0.0671. The lowest BCUT2D eigenvalue weighted by Gasteiger charge is -2.18. The zero-order chi connectivity index (χ0) is 20.8. The molecule has 1 aromatic carbocycles. The van der Waals surface area contributed by atoms with Crippen LogP contribution in [0.2, 0.25) is 0 Å². The Morgan fingerprint density at radius 2 is 1.93 bits per heavy atom. The summed E-state index contributed by atoms with van der Waals surface area (Å²) in [7, 11) is -3.95. The van der Waals surface area contributed by atoms with E-state index < -0.39 is 21.7 Å². The van der Waals surface area contributed by atoms with Crippen LogP contribution in [0.3, 0.4) is 0 Å². The Morgan fingerprint density at radius 3 is 2.62 bits per heavy atom. The summed E-state index contributed by atoms with van der Waals surface area (Å²) < 4.78 is 56.0. The van der Waals surface area contributed by atoms with E-state index in [4.69, 9.17) is 4.98 Å². The Morgan fingerprint density at radius 1 is 1.21 bits per heavy atom. The zero-order valence-corrected chi connectivity index (χ0v) is 17.0. The van der Waals surface area contributed by atoms with E-state index >= 15 is 0 Å². The third-order valence-corrected chi connectivity index (χ3v) is 7.07. The van der Waals surface area contributed by atoms with E-state index in [2.05, 4.69) is 23.4 Å². The molecule has 29 heavy (non-hydrogen) atoms. The van der Waals surface area contributed by atoms with E-state index in [-0.39, 0.29) is 23.4 Å². The average molecular weight is 420 g/mol. The first-order valence-corrected chi connectivity index (χ1v) is 11.0. The summed E-state index contributed by atoms with van der Waals surface area (Å²) in [4.78, 5) is 8.78. The normalized spacial score (nSPS) is 18.2. The molecule has 0 unspecified atom stereocenters. The number of imidazole rings is 1. The fourth-order valence-corrected chi connectivity index (χ4v) is 5.50. The van der Waals surface area contributed by atoms with Gasteiger partial charge in [-0.2, -0.15) is 4.31 Å². The quantitative estimate of drug-likeness (QED) is 0.633. The van der Waals surface area contributed by atoms with E-state index in [1.54, 1.807) is 6.20 Å². The molecule has 0 radical (unpaired) electrons. The van der Waals surface area contributed by atoms with Crippen LogP contribution in [0.5, 0.6) is 0 Å². The maximum atomic E-state index is 13.5. The van der Waals surface area contributed by atoms with Gasteiger partial charge in [0, 0.05) is 37.8 Å². The summed E-state index contributed by atoms with van der Waals surface area (Å²) in [5.41, 5.74) is 1.63. The van der Waals surface area contributed by atoms with Crippen LogP contribution in [-0.2, 0) is 16.4 Å². The van der Waals surface area contributed by atoms with Crippen LogP contribution in [0.25, 0.3) is 11.2 Å². The molecule has 2 aromatic heterocycles. The summed E-state index contributed by atoms with van der Waals surface area (Å²) in [6, 6.07) is 6.29. The highest BCUT2D eigenvalue weighted by Crippen LogP contribution is 2.29. The van der Waals surface area contributed by atoms with Crippen molar-refractivity contribution in [1.29, 1.82) is 0 Å². The molecule has 0 bridgehead atoms. The molecule has 3 aromatic rings. The number of rotatable bonds is 5. The summed E-state index contributed by atoms with van der Waals surface area (Å²) in [5.74, 6) is -0.873. The number of sulfonamides is 1. The van der Waals surface area contributed by atoms with Gasteiger partial charge in [0.15, 0.2) is 5.65 Å². The van der Waals surface area contributed by atoms with Gasteiger partial charge in [-0.1, -0.05) is 0 Å². The number of pyridine rings is 1. The monoisotopic (exact) mass is 420 g/mol. The highest BCUT2D eigenvalue weighted by molar-refractivity contribution is 7.89. The van der Waals surface area contributed by atoms with Crippen molar-refractivity contribution >= 4 is 21.2 Å². The van der Waals surface area contributed by atoms with Gasteiger partial charge in [0.1, 0.15) is 23.0 Å². The molecular weight excluding hydrogens is 398 g/mol. The standard InChI is InChI=1S/C20H22F2N4O2S/c1-13(2)26-19(24-18-4-3-6-23-20(18)26)8-14-5-7-25(12-14)29(27,28)17-10-15(21)9-16(22)11-17/h3-4,6,9-11,13-14H,5,7-8,12H2,1-2H3/t14-/m0/s1. The third kappa shape index (κ3) is 3.76. The maximum absolute atomic E-state index is 13.5. The minimum Gasteiger partial charge on any atom is -0.310 e. The van der Waals surface area contributed by atoms with Crippen molar-refractivity contribution in [3.63, 3.8) is 0 Å². The van der Waals surface area contributed by atoms with Gasteiger partial charge in [-0.3, -0.25) is 0 Å². The predicted octanol–water partition coefficient (Wildman–Crippen LogP) is 3.54. The second-order valence-electron chi connectivity index (χ2n) is 7.66. The van der Waals surface area contributed by atoms with Crippen LogP contribution in [-0.4, -0.2) is 40.3 Å². The smallest absolute Gasteiger partial charge is 0.243 e. The number of hydrogen-bond donors (Lipinski definition) is 0. The van der Waals surface area contributed by atoms with Crippen LogP contribution in [0.4, 0.5) is 8.78 Å². The van der Waals surface area contributed by atoms with Gasteiger partial charge >= 0.3 is 0 Å². The highest BCUT2D eigenvalue weighted by Gasteiger charge is 2.34. The largest absolute Gasteiger partial charge is 0.310 e. The highest BCUT2D eigenvalue weighted by atomic mass is 32.2. The van der Waals surface area contributed by atoms with Gasteiger partial charge in [-0.05, 0) is 50.5 Å². The molecule has 154 valence electrons. The molecule has 0 aliphatic carbocycles. The Hall–Kier alpha value is -2.39. The minimum atomic E-state index is -3.95.